The van der Waals surface area contributed by atoms with Gasteiger partial charge in [-0.3, -0.25) is 4.79 Å². The van der Waals surface area contributed by atoms with E-state index in [4.69, 9.17) is 9.84 Å². The third-order valence-electron chi connectivity index (χ3n) is 3.62. The minimum Gasteiger partial charge on any atom is -0.465 e. The summed E-state index contributed by atoms with van der Waals surface area (Å²) in [7, 11) is 1.77. The summed E-state index contributed by atoms with van der Waals surface area (Å²) < 4.78 is 5.81. The number of morpholine rings is 1. The maximum Gasteiger partial charge on any atom is 0.407 e. The molecule has 17 heavy (non-hydrogen) atoms. The average Bonchev–Trinajstić information content (AvgIpc) is 2.26. The third-order valence-corrected chi connectivity index (χ3v) is 3.62. The summed E-state index contributed by atoms with van der Waals surface area (Å²) >= 11 is 0. The minimum absolute atomic E-state index is 0.00344. The van der Waals surface area contributed by atoms with Gasteiger partial charge < -0.3 is 19.6 Å². The van der Waals surface area contributed by atoms with Gasteiger partial charge in [0, 0.05) is 26.7 Å². The highest BCUT2D eigenvalue weighted by Crippen LogP contribution is 2.32. The quantitative estimate of drug-likeness (QED) is 0.666. The van der Waals surface area contributed by atoms with E-state index in [1.807, 2.05) is 0 Å². The lowest BCUT2D eigenvalue weighted by atomic mass is 9.89. The summed E-state index contributed by atoms with van der Waals surface area (Å²) in [5.74, 6) is -0.00344. The van der Waals surface area contributed by atoms with Crippen molar-refractivity contribution in [2.45, 2.75) is 31.5 Å². The Morgan fingerprint density at radius 2 is 2.06 bits per heavy atom. The zero-order valence-corrected chi connectivity index (χ0v) is 10.2. The number of carbonyl (C=O) groups is 2. The zero-order chi connectivity index (χ0) is 12.6. The predicted octanol–water partition coefficient (Wildman–Crippen LogP) is 0.376. The number of hydrogen-bond donors (Lipinski definition) is 1. The molecule has 2 amide bonds. The van der Waals surface area contributed by atoms with Gasteiger partial charge >= 0.3 is 6.09 Å². The fraction of sp³-hybridized carbons (Fsp3) is 0.818. The standard InChI is InChI=1S/C11H18N2O4/c1-8-9(14)12(2)7-11(17-8)3-5-13(6-4-11)10(15)16/h8H,3-7H2,1-2H3,(H,15,16). The highest BCUT2D eigenvalue weighted by molar-refractivity contribution is 5.81. The van der Waals surface area contributed by atoms with Gasteiger partial charge in [0.25, 0.3) is 5.91 Å². The van der Waals surface area contributed by atoms with Crippen molar-refractivity contribution >= 4 is 12.0 Å². The van der Waals surface area contributed by atoms with Crippen LogP contribution in [0.15, 0.2) is 0 Å². The molecule has 1 atom stereocenters. The molecule has 0 aliphatic carbocycles. The van der Waals surface area contributed by atoms with Gasteiger partial charge in [0.2, 0.25) is 0 Å². The van der Waals surface area contributed by atoms with Crippen LogP contribution >= 0.6 is 0 Å². The van der Waals surface area contributed by atoms with Gasteiger partial charge in [-0.25, -0.2) is 4.79 Å². The molecule has 0 aromatic carbocycles. The summed E-state index contributed by atoms with van der Waals surface area (Å²) in [6.07, 6.45) is 0.000895. The fourth-order valence-electron chi connectivity index (χ4n) is 2.66. The molecule has 0 aromatic heterocycles. The molecule has 1 N–H and O–H groups in total. The number of hydrogen-bond acceptors (Lipinski definition) is 3. The zero-order valence-electron chi connectivity index (χ0n) is 10.2. The van der Waals surface area contributed by atoms with Crippen molar-refractivity contribution in [3.8, 4) is 0 Å². The summed E-state index contributed by atoms with van der Waals surface area (Å²) in [6.45, 7) is 3.26. The van der Waals surface area contributed by atoms with Gasteiger partial charge in [0.05, 0.1) is 5.60 Å². The highest BCUT2D eigenvalue weighted by atomic mass is 16.5. The lowest BCUT2D eigenvalue weighted by molar-refractivity contribution is -0.186. The summed E-state index contributed by atoms with van der Waals surface area (Å²) in [4.78, 5) is 25.5. The first-order chi connectivity index (χ1) is 7.93. The Morgan fingerprint density at radius 1 is 1.47 bits per heavy atom. The van der Waals surface area contributed by atoms with Crippen LogP contribution in [0.4, 0.5) is 4.79 Å². The third kappa shape index (κ3) is 2.22. The van der Waals surface area contributed by atoms with Gasteiger partial charge in [-0.05, 0) is 19.8 Å². The number of likely N-dealkylation sites (N-methyl/N-ethyl adjacent to an activating group) is 1. The molecule has 0 bridgehead atoms. The summed E-state index contributed by atoms with van der Waals surface area (Å²) in [5.41, 5.74) is -0.353. The highest BCUT2D eigenvalue weighted by Gasteiger charge is 2.44. The van der Waals surface area contributed by atoms with Crippen LogP contribution < -0.4 is 0 Å². The average molecular weight is 242 g/mol. The Kier molecular flexibility index (Phi) is 2.99. The van der Waals surface area contributed by atoms with Gasteiger partial charge in [0.15, 0.2) is 0 Å². The predicted molar refractivity (Wildman–Crippen MR) is 59.7 cm³/mol. The van der Waals surface area contributed by atoms with Crippen molar-refractivity contribution in [2.75, 3.05) is 26.7 Å². The van der Waals surface area contributed by atoms with Crippen molar-refractivity contribution in [1.29, 1.82) is 0 Å². The molecular formula is C11H18N2O4. The van der Waals surface area contributed by atoms with Crippen LogP contribution in [0, 0.1) is 0 Å². The second-order valence-electron chi connectivity index (χ2n) is 4.91. The second-order valence-corrected chi connectivity index (χ2v) is 4.91. The van der Waals surface area contributed by atoms with Gasteiger partial charge in [-0.2, -0.15) is 0 Å². The molecule has 2 aliphatic heterocycles. The van der Waals surface area contributed by atoms with Crippen molar-refractivity contribution in [1.82, 2.24) is 9.80 Å². The van der Waals surface area contributed by atoms with Crippen LogP contribution in [0.3, 0.4) is 0 Å². The van der Waals surface area contributed by atoms with Crippen molar-refractivity contribution in [3.05, 3.63) is 0 Å². The molecule has 2 rings (SSSR count). The first-order valence-corrected chi connectivity index (χ1v) is 5.84. The first-order valence-electron chi connectivity index (χ1n) is 5.84. The number of rotatable bonds is 0. The molecule has 1 spiro atoms. The summed E-state index contributed by atoms with van der Waals surface area (Å²) in [5, 5.41) is 8.89. The Labute approximate surface area is 100 Å². The molecule has 6 heteroatoms. The van der Waals surface area contributed by atoms with Crippen molar-refractivity contribution < 1.29 is 19.4 Å². The monoisotopic (exact) mass is 242 g/mol. The molecule has 2 heterocycles. The maximum absolute atomic E-state index is 11.6. The van der Waals surface area contributed by atoms with Gasteiger partial charge in [0.1, 0.15) is 6.10 Å². The van der Waals surface area contributed by atoms with Crippen LogP contribution in [-0.2, 0) is 9.53 Å². The fourth-order valence-corrected chi connectivity index (χ4v) is 2.66. The number of piperidine rings is 1. The van der Waals surface area contributed by atoms with E-state index in [0.29, 0.717) is 32.5 Å². The van der Waals surface area contributed by atoms with Crippen LogP contribution in [0.2, 0.25) is 0 Å². The van der Waals surface area contributed by atoms with Crippen LogP contribution in [0.5, 0.6) is 0 Å². The van der Waals surface area contributed by atoms with E-state index < -0.39 is 12.2 Å². The lowest BCUT2D eigenvalue weighted by Crippen LogP contribution is -2.60. The second kappa shape index (κ2) is 4.18. The molecule has 0 saturated carbocycles. The number of carbonyl (C=O) groups excluding carboxylic acids is 1. The Hall–Kier alpha value is -1.30. The molecule has 0 radical (unpaired) electrons. The molecule has 96 valence electrons. The molecule has 1 unspecified atom stereocenters. The van der Waals surface area contributed by atoms with E-state index in [1.165, 1.54) is 4.90 Å². The van der Waals surface area contributed by atoms with Gasteiger partial charge in [-0.1, -0.05) is 0 Å². The van der Waals surface area contributed by atoms with Crippen LogP contribution in [0.1, 0.15) is 19.8 Å². The summed E-state index contributed by atoms with van der Waals surface area (Å²) in [6, 6.07) is 0. The number of carboxylic acid groups (broad SMARTS) is 1. The van der Waals surface area contributed by atoms with Crippen LogP contribution in [-0.4, -0.2) is 65.3 Å². The molecule has 2 saturated heterocycles. The van der Waals surface area contributed by atoms with E-state index in [2.05, 4.69) is 0 Å². The normalized spacial score (nSPS) is 28.6. The molecular weight excluding hydrogens is 224 g/mol. The molecule has 2 aliphatic rings. The Bertz CT molecular complexity index is 320. The molecule has 6 nitrogen and oxygen atoms in total. The largest absolute Gasteiger partial charge is 0.465 e. The Balaban J connectivity index is 2.03. The van der Waals surface area contributed by atoms with Crippen molar-refractivity contribution in [3.63, 3.8) is 0 Å². The van der Waals surface area contributed by atoms with E-state index in [0.717, 1.165) is 0 Å². The van der Waals surface area contributed by atoms with Crippen molar-refractivity contribution in [2.24, 2.45) is 0 Å². The minimum atomic E-state index is -0.881. The topological polar surface area (TPSA) is 70.1 Å². The van der Waals surface area contributed by atoms with Crippen LogP contribution in [0.25, 0.3) is 0 Å². The first kappa shape index (κ1) is 12.2. The lowest BCUT2D eigenvalue weighted by Gasteiger charge is -2.47. The number of nitrogens with zero attached hydrogens (tertiary/aromatic N) is 2. The number of ether oxygens (including phenoxy) is 1. The maximum atomic E-state index is 11.6. The molecule has 2 fully saturated rings. The smallest absolute Gasteiger partial charge is 0.407 e. The SMILES string of the molecule is CC1OC2(CCN(C(=O)O)CC2)CN(C)C1=O. The number of likely N-dealkylation sites (tertiary alicyclic amines) is 1. The number of amides is 2. The van der Waals surface area contributed by atoms with Gasteiger partial charge in [-0.15, -0.1) is 0 Å². The van der Waals surface area contributed by atoms with E-state index >= 15 is 0 Å². The van der Waals surface area contributed by atoms with E-state index in [1.54, 1.807) is 18.9 Å². The molecule has 0 aromatic rings. The Morgan fingerprint density at radius 3 is 2.53 bits per heavy atom. The van der Waals surface area contributed by atoms with E-state index in [-0.39, 0.29) is 11.5 Å². The van der Waals surface area contributed by atoms with E-state index in [9.17, 15) is 9.59 Å².